The van der Waals surface area contributed by atoms with Crippen molar-refractivity contribution >= 4 is 29.7 Å². The van der Waals surface area contributed by atoms with Crippen LogP contribution in [0.1, 0.15) is 25.5 Å². The van der Waals surface area contributed by atoms with Crippen molar-refractivity contribution in [2.24, 2.45) is 0 Å². The minimum atomic E-state index is -0.406. The number of carbonyl (C=O) groups is 1. The van der Waals surface area contributed by atoms with E-state index in [0.29, 0.717) is 6.54 Å². The van der Waals surface area contributed by atoms with Crippen molar-refractivity contribution in [3.05, 3.63) is 54.4 Å². The van der Waals surface area contributed by atoms with Crippen molar-refractivity contribution < 1.29 is 9.53 Å². The van der Waals surface area contributed by atoms with Gasteiger partial charge in [0.05, 0.1) is 12.1 Å². The van der Waals surface area contributed by atoms with Gasteiger partial charge in [-0.25, -0.2) is 0 Å². The molecule has 2 aliphatic rings. The van der Waals surface area contributed by atoms with Gasteiger partial charge in [0.25, 0.3) is 5.91 Å². The van der Waals surface area contributed by atoms with E-state index in [1.807, 2.05) is 54.3 Å². The molecule has 2 fully saturated rings. The number of anilines is 2. The molecule has 29 heavy (non-hydrogen) atoms. The number of aromatic nitrogens is 1. The number of pyridine rings is 1. The van der Waals surface area contributed by atoms with Gasteiger partial charge in [-0.1, -0.05) is 18.2 Å². The van der Waals surface area contributed by atoms with Gasteiger partial charge < -0.3 is 20.3 Å². The number of nitrogen functional groups attached to an aromatic ring is 1. The molecule has 1 aromatic heterocycles. The highest BCUT2D eigenvalue weighted by atomic mass is 35.5. The molecule has 1 unspecified atom stereocenters. The first-order valence-corrected chi connectivity index (χ1v) is 10.0. The lowest BCUT2D eigenvalue weighted by atomic mass is 9.88. The third-order valence-electron chi connectivity index (χ3n) is 5.85. The first-order valence-electron chi connectivity index (χ1n) is 10.0. The number of halogens is 1. The molecule has 1 spiro atoms. The SMILES string of the molecule is CC1OC2(CCN(CCc3cc(N)ccn3)CC2)CN(c2ccccc2)C1=O.Cl. The number of nitrogens with two attached hydrogens (primary N) is 1. The lowest BCUT2D eigenvalue weighted by Gasteiger charge is -2.49. The largest absolute Gasteiger partial charge is 0.399 e. The van der Waals surface area contributed by atoms with Gasteiger partial charge in [0.15, 0.2) is 0 Å². The molecule has 156 valence electrons. The van der Waals surface area contributed by atoms with Gasteiger partial charge in [0, 0.05) is 49.3 Å². The van der Waals surface area contributed by atoms with Crippen LogP contribution in [0.5, 0.6) is 0 Å². The van der Waals surface area contributed by atoms with Gasteiger partial charge in [-0.15, -0.1) is 12.4 Å². The van der Waals surface area contributed by atoms with Crippen molar-refractivity contribution in [1.82, 2.24) is 9.88 Å². The highest BCUT2D eigenvalue weighted by Crippen LogP contribution is 2.35. The average molecular weight is 417 g/mol. The minimum absolute atomic E-state index is 0. The summed E-state index contributed by atoms with van der Waals surface area (Å²) in [4.78, 5) is 21.4. The van der Waals surface area contributed by atoms with Crippen LogP contribution in [0.3, 0.4) is 0 Å². The minimum Gasteiger partial charge on any atom is -0.399 e. The number of amides is 1. The summed E-state index contributed by atoms with van der Waals surface area (Å²) >= 11 is 0. The van der Waals surface area contributed by atoms with E-state index in [0.717, 1.165) is 56.0 Å². The summed E-state index contributed by atoms with van der Waals surface area (Å²) in [5.41, 5.74) is 8.34. The monoisotopic (exact) mass is 416 g/mol. The predicted octanol–water partition coefficient (Wildman–Crippen LogP) is 2.91. The third-order valence-corrected chi connectivity index (χ3v) is 5.85. The van der Waals surface area contributed by atoms with Gasteiger partial charge in [-0.05, 0) is 44.0 Å². The Bertz CT molecular complexity index is 825. The lowest BCUT2D eigenvalue weighted by molar-refractivity contribution is -0.161. The molecule has 3 heterocycles. The topological polar surface area (TPSA) is 71.7 Å². The van der Waals surface area contributed by atoms with Crippen LogP contribution >= 0.6 is 12.4 Å². The van der Waals surface area contributed by atoms with Crippen LogP contribution in [0.4, 0.5) is 11.4 Å². The first kappa shape index (κ1) is 21.6. The maximum Gasteiger partial charge on any atom is 0.255 e. The summed E-state index contributed by atoms with van der Waals surface area (Å²) in [7, 11) is 0. The van der Waals surface area contributed by atoms with E-state index in [-0.39, 0.29) is 23.9 Å². The van der Waals surface area contributed by atoms with Gasteiger partial charge in [-0.3, -0.25) is 9.78 Å². The van der Waals surface area contributed by atoms with Crippen molar-refractivity contribution in [2.75, 3.05) is 36.8 Å². The highest BCUT2D eigenvalue weighted by Gasteiger charge is 2.45. The van der Waals surface area contributed by atoms with Crippen molar-refractivity contribution in [3.63, 3.8) is 0 Å². The Kier molecular flexibility index (Phi) is 6.77. The Balaban J connectivity index is 0.00000240. The number of morpholine rings is 1. The predicted molar refractivity (Wildman–Crippen MR) is 117 cm³/mol. The second-order valence-electron chi connectivity index (χ2n) is 7.88. The number of carbonyl (C=O) groups excluding carboxylic acids is 1. The summed E-state index contributed by atoms with van der Waals surface area (Å²) in [5, 5.41) is 0. The number of hydrogen-bond acceptors (Lipinski definition) is 5. The molecule has 1 aromatic carbocycles. The average Bonchev–Trinajstić information content (AvgIpc) is 2.71. The van der Waals surface area contributed by atoms with Crippen LogP contribution in [-0.4, -0.2) is 53.7 Å². The number of likely N-dealkylation sites (tertiary alicyclic amines) is 1. The molecule has 2 N–H and O–H groups in total. The smallest absolute Gasteiger partial charge is 0.255 e. The summed E-state index contributed by atoms with van der Waals surface area (Å²) in [6.07, 6.45) is 4.11. The van der Waals surface area contributed by atoms with Crippen LogP contribution in [-0.2, 0) is 16.0 Å². The molecule has 1 atom stereocenters. The standard InChI is InChI=1S/C22H28N4O2.ClH/c1-17-21(27)26(20-5-3-2-4-6-20)16-22(28-17)9-13-25(14-10-22)12-8-19-15-18(23)7-11-24-19;/h2-7,11,15,17H,8-10,12-14,16H2,1H3,(H2,23,24);1H. The number of para-hydroxylation sites is 1. The molecule has 0 saturated carbocycles. The van der Waals surface area contributed by atoms with Gasteiger partial charge in [0.2, 0.25) is 0 Å². The van der Waals surface area contributed by atoms with E-state index in [1.54, 1.807) is 6.20 Å². The van der Waals surface area contributed by atoms with Crippen LogP contribution in [0.15, 0.2) is 48.7 Å². The Hall–Kier alpha value is -2.15. The zero-order valence-electron chi connectivity index (χ0n) is 16.8. The maximum absolute atomic E-state index is 12.7. The van der Waals surface area contributed by atoms with Crippen molar-refractivity contribution in [3.8, 4) is 0 Å². The van der Waals surface area contributed by atoms with Gasteiger partial charge >= 0.3 is 0 Å². The number of benzene rings is 1. The first-order chi connectivity index (χ1) is 13.5. The number of nitrogens with zero attached hydrogens (tertiary/aromatic N) is 3. The van der Waals surface area contributed by atoms with E-state index >= 15 is 0 Å². The lowest BCUT2D eigenvalue weighted by Crippen LogP contribution is -2.61. The van der Waals surface area contributed by atoms with Crippen LogP contribution in [0, 0.1) is 0 Å². The summed E-state index contributed by atoms with van der Waals surface area (Å²) in [6, 6.07) is 13.7. The molecule has 2 aliphatic heterocycles. The summed E-state index contributed by atoms with van der Waals surface area (Å²) < 4.78 is 6.26. The van der Waals surface area contributed by atoms with Crippen LogP contribution < -0.4 is 10.6 Å². The molecule has 4 rings (SSSR count). The molecule has 2 aromatic rings. The van der Waals surface area contributed by atoms with E-state index in [4.69, 9.17) is 10.5 Å². The molecule has 2 saturated heterocycles. The quantitative estimate of drug-likeness (QED) is 0.829. The molecule has 6 nitrogen and oxygen atoms in total. The Morgan fingerprint density at radius 3 is 2.62 bits per heavy atom. The summed E-state index contributed by atoms with van der Waals surface area (Å²) in [6.45, 7) is 5.39. The van der Waals surface area contributed by atoms with Gasteiger partial charge in [-0.2, -0.15) is 0 Å². The molecule has 0 aliphatic carbocycles. The zero-order chi connectivity index (χ0) is 19.6. The normalized spacial score (nSPS) is 21.8. The fourth-order valence-electron chi connectivity index (χ4n) is 4.24. The van der Waals surface area contributed by atoms with Crippen molar-refractivity contribution in [2.45, 2.75) is 37.9 Å². The summed E-state index contributed by atoms with van der Waals surface area (Å²) in [5.74, 6) is 0.0481. The number of hydrogen-bond donors (Lipinski definition) is 1. The van der Waals surface area contributed by atoms with E-state index in [2.05, 4.69) is 9.88 Å². The maximum atomic E-state index is 12.7. The van der Waals surface area contributed by atoms with E-state index in [1.165, 1.54) is 0 Å². The van der Waals surface area contributed by atoms with Gasteiger partial charge in [0.1, 0.15) is 6.10 Å². The Labute approximate surface area is 178 Å². The molecular formula is C22H29ClN4O2. The van der Waals surface area contributed by atoms with Crippen molar-refractivity contribution in [1.29, 1.82) is 0 Å². The molecular weight excluding hydrogens is 388 g/mol. The third kappa shape index (κ3) is 4.89. The fraction of sp³-hybridized carbons (Fsp3) is 0.455. The van der Waals surface area contributed by atoms with E-state index < -0.39 is 6.10 Å². The second kappa shape index (κ2) is 9.11. The number of piperidine rings is 1. The van der Waals surface area contributed by atoms with Crippen LogP contribution in [0.25, 0.3) is 0 Å². The van der Waals surface area contributed by atoms with E-state index in [9.17, 15) is 4.79 Å². The molecule has 0 bridgehead atoms. The Morgan fingerprint density at radius 2 is 1.93 bits per heavy atom. The number of rotatable bonds is 4. The Morgan fingerprint density at radius 1 is 1.21 bits per heavy atom. The van der Waals surface area contributed by atoms with Crippen LogP contribution in [0.2, 0.25) is 0 Å². The molecule has 7 heteroatoms. The molecule has 1 amide bonds. The second-order valence-corrected chi connectivity index (χ2v) is 7.88. The molecule has 0 radical (unpaired) electrons. The number of ether oxygens (including phenoxy) is 1. The fourth-order valence-corrected chi connectivity index (χ4v) is 4.24. The zero-order valence-corrected chi connectivity index (χ0v) is 17.6. The highest BCUT2D eigenvalue weighted by molar-refractivity contribution is 5.97.